The Bertz CT molecular complexity index is 358. The fourth-order valence-corrected chi connectivity index (χ4v) is 3.65. The van der Waals surface area contributed by atoms with Crippen molar-refractivity contribution in [3.05, 3.63) is 19.8 Å². The minimum Gasteiger partial charge on any atom is -0.478 e. The Labute approximate surface area is 102 Å². The zero-order valence-electron chi connectivity index (χ0n) is 8.97. The van der Waals surface area contributed by atoms with Crippen molar-refractivity contribution in [2.75, 3.05) is 0 Å². The predicted molar refractivity (Wildman–Crippen MR) is 66.9 cm³/mol. The van der Waals surface area contributed by atoms with Gasteiger partial charge in [-0.3, -0.25) is 0 Å². The zero-order valence-corrected chi connectivity index (χ0v) is 11.4. The molecule has 0 saturated heterocycles. The van der Waals surface area contributed by atoms with E-state index in [-0.39, 0.29) is 0 Å². The second-order valence-electron chi connectivity index (χ2n) is 3.56. The average Bonchev–Trinajstić information content (AvgIpc) is 2.42. The molecule has 0 aliphatic rings. The molecular weight excluding hydrogens is 276 g/mol. The van der Waals surface area contributed by atoms with Gasteiger partial charge < -0.3 is 5.11 Å². The van der Waals surface area contributed by atoms with Crippen molar-refractivity contribution in [2.24, 2.45) is 0 Å². The number of halogens is 1. The van der Waals surface area contributed by atoms with Crippen LogP contribution in [0.3, 0.4) is 0 Å². The number of carbonyl (C=O) groups is 1. The first kappa shape index (κ1) is 12.7. The van der Waals surface area contributed by atoms with Gasteiger partial charge in [0.1, 0.15) is 0 Å². The Morgan fingerprint density at radius 1 is 1.47 bits per heavy atom. The summed E-state index contributed by atoms with van der Waals surface area (Å²) in [4.78, 5) is 12.2. The molecule has 0 aliphatic carbocycles. The van der Waals surface area contributed by atoms with Gasteiger partial charge in [-0.25, -0.2) is 4.79 Å². The van der Waals surface area contributed by atoms with Gasteiger partial charge in [0, 0.05) is 4.88 Å². The van der Waals surface area contributed by atoms with Crippen molar-refractivity contribution in [3.63, 3.8) is 0 Å². The molecule has 0 aromatic carbocycles. The van der Waals surface area contributed by atoms with E-state index in [4.69, 9.17) is 5.11 Å². The minimum atomic E-state index is -0.836. The van der Waals surface area contributed by atoms with Crippen molar-refractivity contribution in [3.8, 4) is 0 Å². The van der Waals surface area contributed by atoms with Crippen molar-refractivity contribution >= 4 is 33.2 Å². The van der Waals surface area contributed by atoms with Gasteiger partial charge in [0.15, 0.2) is 0 Å². The first-order valence-electron chi connectivity index (χ1n) is 5.09. The smallest absolute Gasteiger partial charge is 0.337 e. The third kappa shape index (κ3) is 3.05. The molecule has 2 nitrogen and oxygen atoms in total. The fourth-order valence-electron chi connectivity index (χ4n) is 1.54. The summed E-state index contributed by atoms with van der Waals surface area (Å²) >= 11 is 4.87. The van der Waals surface area contributed by atoms with E-state index in [0.717, 1.165) is 22.2 Å². The van der Waals surface area contributed by atoms with Gasteiger partial charge >= 0.3 is 5.97 Å². The summed E-state index contributed by atoms with van der Waals surface area (Å²) in [5.41, 5.74) is 1.36. The summed E-state index contributed by atoms with van der Waals surface area (Å²) in [6, 6.07) is 0. The average molecular weight is 291 g/mol. The highest BCUT2D eigenvalue weighted by Gasteiger charge is 2.18. The first-order chi connectivity index (χ1) is 7.07. The number of unbranched alkanes of at least 4 members (excludes halogenated alkanes) is 2. The third-order valence-electron chi connectivity index (χ3n) is 2.42. The Balaban J connectivity index is 2.82. The number of rotatable bonds is 5. The molecule has 4 heteroatoms. The van der Waals surface area contributed by atoms with Gasteiger partial charge in [0.2, 0.25) is 0 Å². The summed E-state index contributed by atoms with van der Waals surface area (Å²) in [6.45, 7) is 4.06. The number of carboxylic acid groups (broad SMARTS) is 1. The van der Waals surface area contributed by atoms with E-state index in [9.17, 15) is 4.79 Å². The molecular formula is C11H15BrO2S. The van der Waals surface area contributed by atoms with Crippen LogP contribution < -0.4 is 0 Å². The van der Waals surface area contributed by atoms with E-state index in [1.807, 2.05) is 6.92 Å². The molecule has 1 rings (SSSR count). The number of aromatic carboxylic acids is 1. The van der Waals surface area contributed by atoms with E-state index >= 15 is 0 Å². The quantitative estimate of drug-likeness (QED) is 0.823. The summed E-state index contributed by atoms with van der Waals surface area (Å²) in [7, 11) is 0. The second-order valence-corrected chi connectivity index (χ2v) is 5.98. The van der Waals surface area contributed by atoms with Gasteiger partial charge in [0.25, 0.3) is 0 Å². The Morgan fingerprint density at radius 2 is 2.13 bits per heavy atom. The van der Waals surface area contributed by atoms with Crippen LogP contribution in [0.4, 0.5) is 0 Å². The third-order valence-corrected chi connectivity index (χ3v) is 4.45. The van der Waals surface area contributed by atoms with Crippen LogP contribution in [0.25, 0.3) is 0 Å². The van der Waals surface area contributed by atoms with Crippen molar-refractivity contribution in [1.82, 2.24) is 0 Å². The normalized spacial score (nSPS) is 10.6. The van der Waals surface area contributed by atoms with Gasteiger partial charge in [-0.05, 0) is 41.3 Å². The number of carboxylic acids is 1. The maximum Gasteiger partial charge on any atom is 0.337 e. The molecule has 1 aromatic heterocycles. The van der Waals surface area contributed by atoms with Gasteiger partial charge in [-0.15, -0.1) is 11.3 Å². The van der Waals surface area contributed by atoms with E-state index in [1.54, 1.807) is 11.3 Å². The van der Waals surface area contributed by atoms with E-state index in [2.05, 4.69) is 22.9 Å². The molecule has 0 radical (unpaired) electrons. The monoisotopic (exact) mass is 290 g/mol. The highest BCUT2D eigenvalue weighted by atomic mass is 79.9. The van der Waals surface area contributed by atoms with Crippen LogP contribution in [0.5, 0.6) is 0 Å². The molecule has 0 spiro atoms. The molecule has 0 saturated carbocycles. The highest BCUT2D eigenvalue weighted by molar-refractivity contribution is 9.11. The topological polar surface area (TPSA) is 37.3 Å². The summed E-state index contributed by atoms with van der Waals surface area (Å²) < 4.78 is 0.749. The van der Waals surface area contributed by atoms with Crippen LogP contribution in [0.2, 0.25) is 0 Å². The van der Waals surface area contributed by atoms with E-state index < -0.39 is 5.97 Å². The maximum atomic E-state index is 11.0. The van der Waals surface area contributed by atoms with Crippen LogP contribution in [0.1, 0.15) is 47.0 Å². The van der Waals surface area contributed by atoms with E-state index in [0.29, 0.717) is 5.56 Å². The number of thiophene rings is 1. The molecule has 0 fully saturated rings. The van der Waals surface area contributed by atoms with Crippen molar-refractivity contribution in [2.45, 2.75) is 39.5 Å². The Hall–Kier alpha value is -0.350. The molecule has 1 heterocycles. The van der Waals surface area contributed by atoms with Crippen LogP contribution in [-0.4, -0.2) is 11.1 Å². The van der Waals surface area contributed by atoms with Crippen LogP contribution >= 0.6 is 27.3 Å². The molecule has 0 aliphatic heterocycles. The lowest BCUT2D eigenvalue weighted by atomic mass is 10.1. The van der Waals surface area contributed by atoms with E-state index in [1.165, 1.54) is 17.7 Å². The maximum absolute atomic E-state index is 11.0. The molecule has 0 amide bonds. The zero-order chi connectivity index (χ0) is 11.4. The lowest BCUT2D eigenvalue weighted by Gasteiger charge is -1.99. The minimum absolute atomic E-state index is 0.437. The molecule has 0 atom stereocenters. The summed E-state index contributed by atoms with van der Waals surface area (Å²) in [5, 5.41) is 9.01. The highest BCUT2D eigenvalue weighted by Crippen LogP contribution is 2.33. The van der Waals surface area contributed by atoms with Crippen LogP contribution in [0, 0.1) is 6.92 Å². The SMILES string of the molecule is CCCCCc1sc(Br)c(C(=O)O)c1C. The lowest BCUT2D eigenvalue weighted by Crippen LogP contribution is -1.98. The summed E-state index contributed by atoms with van der Waals surface area (Å²) in [5.74, 6) is -0.836. The lowest BCUT2D eigenvalue weighted by molar-refractivity contribution is 0.0696. The number of hydrogen-bond donors (Lipinski definition) is 1. The standard InChI is InChI=1S/C11H15BrO2S/c1-3-4-5-6-8-7(2)9(11(13)14)10(12)15-8/h3-6H2,1-2H3,(H,13,14). The Morgan fingerprint density at radius 3 is 2.60 bits per heavy atom. The predicted octanol–water partition coefficient (Wildman–Crippen LogP) is 4.25. The fraction of sp³-hybridized carbons (Fsp3) is 0.545. The number of hydrogen-bond acceptors (Lipinski definition) is 2. The van der Waals surface area contributed by atoms with Gasteiger partial charge in [0.05, 0.1) is 9.35 Å². The van der Waals surface area contributed by atoms with Crippen molar-refractivity contribution in [1.29, 1.82) is 0 Å². The Kier molecular flexibility index (Phi) is 4.80. The molecule has 1 aromatic rings. The molecule has 0 bridgehead atoms. The molecule has 0 unspecified atom stereocenters. The molecule has 1 N–H and O–H groups in total. The molecule has 84 valence electrons. The van der Waals surface area contributed by atoms with Crippen LogP contribution in [-0.2, 0) is 6.42 Å². The first-order valence-corrected chi connectivity index (χ1v) is 6.70. The van der Waals surface area contributed by atoms with Gasteiger partial charge in [-0.1, -0.05) is 19.8 Å². The number of aryl methyl sites for hydroxylation is 1. The second kappa shape index (κ2) is 5.66. The van der Waals surface area contributed by atoms with Crippen LogP contribution in [0.15, 0.2) is 3.79 Å². The van der Waals surface area contributed by atoms with Gasteiger partial charge in [-0.2, -0.15) is 0 Å². The van der Waals surface area contributed by atoms with Crippen molar-refractivity contribution < 1.29 is 9.90 Å². The summed E-state index contributed by atoms with van der Waals surface area (Å²) in [6.07, 6.45) is 4.54. The molecule has 15 heavy (non-hydrogen) atoms. The largest absolute Gasteiger partial charge is 0.478 e.